The van der Waals surface area contributed by atoms with Gasteiger partial charge in [0.2, 0.25) is 5.95 Å². The van der Waals surface area contributed by atoms with E-state index in [2.05, 4.69) is 57.2 Å². The van der Waals surface area contributed by atoms with Crippen molar-refractivity contribution in [3.05, 3.63) is 81.0 Å². The van der Waals surface area contributed by atoms with Gasteiger partial charge in [0.25, 0.3) is 5.56 Å². The number of H-pyrrole nitrogens is 1. The first-order chi connectivity index (χ1) is 16.5. The van der Waals surface area contributed by atoms with E-state index in [4.69, 9.17) is 4.74 Å². The van der Waals surface area contributed by atoms with Gasteiger partial charge < -0.3 is 10.1 Å². The van der Waals surface area contributed by atoms with Gasteiger partial charge in [0.15, 0.2) is 0 Å². The van der Waals surface area contributed by atoms with Gasteiger partial charge in [0.1, 0.15) is 5.75 Å². The quantitative estimate of drug-likeness (QED) is 0.353. The Morgan fingerprint density at radius 1 is 1.06 bits per heavy atom. The van der Waals surface area contributed by atoms with E-state index in [-0.39, 0.29) is 5.56 Å². The number of hydrogen-bond acceptors (Lipinski definition) is 7. The van der Waals surface area contributed by atoms with E-state index in [1.165, 1.54) is 11.1 Å². The Morgan fingerprint density at radius 3 is 2.53 bits per heavy atom. The third-order valence-corrected chi connectivity index (χ3v) is 6.69. The van der Waals surface area contributed by atoms with Crippen LogP contribution < -0.4 is 15.6 Å². The van der Waals surface area contributed by atoms with Crippen molar-refractivity contribution in [3.8, 4) is 5.75 Å². The maximum absolute atomic E-state index is 12.4. The van der Waals surface area contributed by atoms with Gasteiger partial charge in [-0.25, -0.2) is 4.98 Å². The molecule has 0 saturated heterocycles. The van der Waals surface area contributed by atoms with Crippen molar-refractivity contribution in [2.75, 3.05) is 37.8 Å². The largest absolute Gasteiger partial charge is 0.496 e. The number of aryl methyl sites for hydroxylation is 1. The number of rotatable bonds is 13. The normalized spacial score (nSPS) is 11.1. The number of nitrogens with one attached hydrogen (secondary N) is 2. The highest BCUT2D eigenvalue weighted by atomic mass is 32.2. The summed E-state index contributed by atoms with van der Waals surface area (Å²) in [6, 6.07) is 10.4. The minimum atomic E-state index is -0.125. The first-order valence-corrected chi connectivity index (χ1v) is 12.9. The van der Waals surface area contributed by atoms with E-state index in [9.17, 15) is 4.79 Å². The zero-order chi connectivity index (χ0) is 24.3. The summed E-state index contributed by atoms with van der Waals surface area (Å²) in [7, 11) is 1.72. The minimum absolute atomic E-state index is 0.125. The predicted molar refractivity (Wildman–Crippen MR) is 141 cm³/mol. The van der Waals surface area contributed by atoms with Crippen molar-refractivity contribution in [2.24, 2.45) is 0 Å². The second-order valence-electron chi connectivity index (χ2n) is 8.16. The molecular formula is C26H35N5O2S. The molecule has 0 spiro atoms. The molecule has 0 saturated carbocycles. The van der Waals surface area contributed by atoms with Crippen LogP contribution >= 0.6 is 11.8 Å². The lowest BCUT2D eigenvalue weighted by atomic mass is 10.1. The number of benzene rings is 1. The summed E-state index contributed by atoms with van der Waals surface area (Å²) in [6.45, 7) is 10.1. The lowest BCUT2D eigenvalue weighted by molar-refractivity contribution is 0.295. The number of ether oxygens (including phenoxy) is 1. The standard InChI is InChI=1S/C26H35N5O2S/c1-5-31(6-2)17-21-9-10-24(33-4)23(14-21)18-34-12-11-27-26-29-16-22(25(32)30-26)13-20-8-7-19(3)28-15-20/h7-10,14-16H,5-6,11-13,17-18H2,1-4H3,(H2,27,29,30,32). The zero-order valence-electron chi connectivity index (χ0n) is 20.6. The van der Waals surface area contributed by atoms with Gasteiger partial charge in [-0.1, -0.05) is 26.0 Å². The maximum Gasteiger partial charge on any atom is 0.255 e. The third-order valence-electron chi connectivity index (χ3n) is 5.68. The van der Waals surface area contributed by atoms with Crippen molar-refractivity contribution >= 4 is 17.7 Å². The molecule has 0 aliphatic heterocycles. The summed E-state index contributed by atoms with van der Waals surface area (Å²) >= 11 is 1.82. The molecule has 0 unspecified atom stereocenters. The van der Waals surface area contributed by atoms with Crippen molar-refractivity contribution in [1.29, 1.82) is 0 Å². The molecule has 1 aromatic carbocycles. The first kappa shape index (κ1) is 25.8. The van der Waals surface area contributed by atoms with Crippen LogP contribution in [0.3, 0.4) is 0 Å². The van der Waals surface area contributed by atoms with Crippen LogP contribution in [0.15, 0.2) is 47.5 Å². The van der Waals surface area contributed by atoms with Gasteiger partial charge >= 0.3 is 0 Å². The molecule has 0 radical (unpaired) electrons. The van der Waals surface area contributed by atoms with Crippen LogP contribution in [-0.4, -0.2) is 52.3 Å². The lowest BCUT2D eigenvalue weighted by Crippen LogP contribution is -2.22. The molecule has 0 bridgehead atoms. The van der Waals surface area contributed by atoms with Gasteiger partial charge in [-0.3, -0.25) is 19.7 Å². The van der Waals surface area contributed by atoms with Crippen molar-refractivity contribution in [1.82, 2.24) is 19.9 Å². The van der Waals surface area contributed by atoms with E-state index in [1.807, 2.05) is 30.8 Å². The second-order valence-corrected chi connectivity index (χ2v) is 9.26. The van der Waals surface area contributed by atoms with Gasteiger partial charge in [-0.2, -0.15) is 11.8 Å². The SMILES string of the molecule is CCN(CC)Cc1ccc(OC)c(CSCCNc2ncc(Cc3ccc(C)nc3)c(=O)[nH]2)c1. The van der Waals surface area contributed by atoms with Crippen molar-refractivity contribution in [3.63, 3.8) is 0 Å². The molecule has 2 N–H and O–H groups in total. The third kappa shape index (κ3) is 7.60. The summed E-state index contributed by atoms with van der Waals surface area (Å²) in [5.74, 6) is 3.17. The van der Waals surface area contributed by atoms with Crippen LogP contribution in [0, 0.1) is 6.92 Å². The van der Waals surface area contributed by atoms with Crippen LogP contribution in [0.4, 0.5) is 5.95 Å². The van der Waals surface area contributed by atoms with E-state index >= 15 is 0 Å². The predicted octanol–water partition coefficient (Wildman–Crippen LogP) is 4.26. The number of anilines is 1. The molecule has 2 aromatic heterocycles. The van der Waals surface area contributed by atoms with Crippen molar-refractivity contribution < 1.29 is 4.74 Å². The molecular weight excluding hydrogens is 446 g/mol. The maximum atomic E-state index is 12.4. The average molecular weight is 482 g/mol. The number of methoxy groups -OCH3 is 1. The zero-order valence-corrected chi connectivity index (χ0v) is 21.4. The van der Waals surface area contributed by atoms with Gasteiger partial charge in [-0.05, 0) is 49.3 Å². The molecule has 0 amide bonds. The molecule has 0 aliphatic carbocycles. The molecule has 182 valence electrons. The van der Waals surface area contributed by atoms with Gasteiger partial charge in [-0.15, -0.1) is 0 Å². The van der Waals surface area contributed by atoms with Crippen LogP contribution in [0.5, 0.6) is 5.75 Å². The highest BCUT2D eigenvalue weighted by Crippen LogP contribution is 2.25. The number of nitrogens with zero attached hydrogens (tertiary/aromatic N) is 3. The molecule has 3 rings (SSSR count). The average Bonchev–Trinajstić information content (AvgIpc) is 2.85. The topological polar surface area (TPSA) is 83.1 Å². The summed E-state index contributed by atoms with van der Waals surface area (Å²) in [5, 5.41) is 3.21. The summed E-state index contributed by atoms with van der Waals surface area (Å²) in [4.78, 5) is 26.3. The molecule has 7 nitrogen and oxygen atoms in total. The fourth-order valence-corrected chi connectivity index (χ4v) is 4.47. The fourth-order valence-electron chi connectivity index (χ4n) is 3.63. The summed E-state index contributed by atoms with van der Waals surface area (Å²) in [5.41, 5.74) is 4.97. The van der Waals surface area contributed by atoms with Crippen molar-refractivity contribution in [2.45, 2.75) is 39.5 Å². The van der Waals surface area contributed by atoms with Gasteiger partial charge in [0, 0.05) is 60.2 Å². The van der Waals surface area contributed by atoms with Crippen LogP contribution in [-0.2, 0) is 18.7 Å². The summed E-state index contributed by atoms with van der Waals surface area (Å²) < 4.78 is 5.56. The van der Waals surface area contributed by atoms with Gasteiger partial charge in [0.05, 0.1) is 7.11 Å². The van der Waals surface area contributed by atoms with E-state index in [1.54, 1.807) is 19.5 Å². The fraction of sp³-hybridized carbons (Fsp3) is 0.423. The second kappa shape index (κ2) is 13.2. The molecule has 0 atom stereocenters. The molecule has 2 heterocycles. The number of thioether (sulfide) groups is 1. The minimum Gasteiger partial charge on any atom is -0.496 e. The highest BCUT2D eigenvalue weighted by molar-refractivity contribution is 7.98. The van der Waals surface area contributed by atoms with Crippen LogP contribution in [0.25, 0.3) is 0 Å². The number of pyridine rings is 1. The highest BCUT2D eigenvalue weighted by Gasteiger charge is 2.08. The number of aromatic nitrogens is 3. The van der Waals surface area contributed by atoms with E-state index < -0.39 is 0 Å². The number of hydrogen-bond donors (Lipinski definition) is 2. The number of aromatic amines is 1. The Balaban J connectivity index is 1.48. The lowest BCUT2D eigenvalue weighted by Gasteiger charge is -2.19. The van der Waals surface area contributed by atoms with E-state index in [0.29, 0.717) is 24.5 Å². The van der Waals surface area contributed by atoms with Crippen LogP contribution in [0.1, 0.15) is 41.8 Å². The van der Waals surface area contributed by atoms with Crippen LogP contribution in [0.2, 0.25) is 0 Å². The summed E-state index contributed by atoms with van der Waals surface area (Å²) in [6.07, 6.45) is 3.95. The monoisotopic (exact) mass is 481 g/mol. The Labute approximate surface area is 206 Å². The molecule has 3 aromatic rings. The smallest absolute Gasteiger partial charge is 0.255 e. The molecule has 0 aliphatic rings. The molecule has 34 heavy (non-hydrogen) atoms. The Hall–Kier alpha value is -2.84. The Kier molecular flexibility index (Phi) is 9.97. The Bertz CT molecular complexity index is 1100. The first-order valence-electron chi connectivity index (χ1n) is 11.7. The van der Waals surface area contributed by atoms with E-state index in [0.717, 1.165) is 48.1 Å². The Morgan fingerprint density at radius 2 is 1.85 bits per heavy atom. The molecule has 8 heteroatoms. The molecule has 0 fully saturated rings.